The van der Waals surface area contributed by atoms with Crippen molar-refractivity contribution in [2.45, 2.75) is 50.4 Å². The van der Waals surface area contributed by atoms with E-state index in [1.807, 2.05) is 0 Å². The Balaban J connectivity index is 2.19. The fourth-order valence-electron chi connectivity index (χ4n) is 3.20. The molecule has 1 aromatic rings. The Kier molecular flexibility index (Phi) is 5.04. The molecule has 1 aliphatic carbocycles. The minimum atomic E-state index is -3.03. The van der Waals surface area contributed by atoms with Crippen LogP contribution in [0.4, 0.5) is 4.39 Å². The van der Waals surface area contributed by atoms with Crippen molar-refractivity contribution in [3.05, 3.63) is 35.6 Å². The summed E-state index contributed by atoms with van der Waals surface area (Å²) in [6, 6.07) is 6.48. The molecule has 0 aliphatic heterocycles. The lowest BCUT2D eigenvalue weighted by molar-refractivity contribution is 0.360. The molecule has 0 saturated heterocycles. The van der Waals surface area contributed by atoms with Crippen molar-refractivity contribution in [1.29, 1.82) is 0 Å². The molecule has 1 aliphatic rings. The van der Waals surface area contributed by atoms with E-state index in [1.54, 1.807) is 12.1 Å². The van der Waals surface area contributed by atoms with Crippen molar-refractivity contribution < 1.29 is 12.8 Å². The maximum absolute atomic E-state index is 13.1. The van der Waals surface area contributed by atoms with E-state index in [0.29, 0.717) is 5.92 Å². The van der Waals surface area contributed by atoms with Crippen LogP contribution in [0.3, 0.4) is 0 Å². The van der Waals surface area contributed by atoms with Gasteiger partial charge in [0.1, 0.15) is 5.82 Å². The molecule has 0 bridgehead atoms. The maximum atomic E-state index is 13.1. The molecule has 1 aromatic carbocycles. The van der Waals surface area contributed by atoms with Crippen LogP contribution >= 0.6 is 0 Å². The highest BCUT2D eigenvalue weighted by atomic mass is 32.2. The van der Waals surface area contributed by atoms with Crippen LogP contribution in [0.15, 0.2) is 24.3 Å². The van der Waals surface area contributed by atoms with E-state index in [4.69, 9.17) is 0 Å². The Hall–Kier alpha value is -0.940. The summed E-state index contributed by atoms with van der Waals surface area (Å²) in [5, 5.41) is 3.20. The third kappa shape index (κ3) is 4.04. The van der Waals surface area contributed by atoms with Crippen molar-refractivity contribution in [2.75, 3.05) is 6.26 Å². The largest absolute Gasteiger partial charge is 0.306 e. The second kappa shape index (κ2) is 6.44. The van der Waals surface area contributed by atoms with Crippen LogP contribution in [-0.4, -0.2) is 26.0 Å². The average Bonchev–Trinajstić information content (AvgIpc) is 2.85. The molecule has 3 atom stereocenters. The van der Waals surface area contributed by atoms with Crippen molar-refractivity contribution >= 4 is 9.84 Å². The van der Waals surface area contributed by atoms with Crippen molar-refractivity contribution in [1.82, 2.24) is 5.32 Å². The minimum absolute atomic E-state index is 0.0162. The molecule has 2 rings (SSSR count). The van der Waals surface area contributed by atoms with Crippen LogP contribution in [0.2, 0.25) is 0 Å². The Morgan fingerprint density at radius 1 is 1.19 bits per heavy atom. The first-order valence-electron chi connectivity index (χ1n) is 7.49. The number of benzene rings is 1. The highest BCUT2D eigenvalue weighted by molar-refractivity contribution is 7.91. The van der Waals surface area contributed by atoms with Crippen LogP contribution in [0.5, 0.6) is 0 Å². The van der Waals surface area contributed by atoms with Crippen molar-refractivity contribution in [3.8, 4) is 0 Å². The molecule has 118 valence electrons. The summed E-state index contributed by atoms with van der Waals surface area (Å²) >= 11 is 0. The molecule has 3 nitrogen and oxygen atoms in total. The van der Waals surface area contributed by atoms with Gasteiger partial charge in [0.25, 0.3) is 0 Å². The van der Waals surface area contributed by atoms with E-state index in [0.717, 1.165) is 24.8 Å². The van der Waals surface area contributed by atoms with E-state index >= 15 is 0 Å². The van der Waals surface area contributed by atoms with Gasteiger partial charge in [-0.3, -0.25) is 0 Å². The summed E-state index contributed by atoms with van der Waals surface area (Å²) in [4.78, 5) is 0. The predicted octanol–water partition coefficient (Wildman–Crippen LogP) is 3.08. The van der Waals surface area contributed by atoms with Crippen LogP contribution in [0.1, 0.15) is 44.7 Å². The van der Waals surface area contributed by atoms with Gasteiger partial charge in [-0.25, -0.2) is 12.8 Å². The smallest absolute Gasteiger partial charge is 0.151 e. The molecule has 0 amide bonds. The molecule has 1 saturated carbocycles. The Morgan fingerprint density at radius 2 is 1.81 bits per heavy atom. The minimum Gasteiger partial charge on any atom is -0.306 e. The third-order valence-electron chi connectivity index (χ3n) is 4.29. The van der Waals surface area contributed by atoms with E-state index in [9.17, 15) is 12.8 Å². The van der Waals surface area contributed by atoms with Crippen molar-refractivity contribution in [2.24, 2.45) is 5.92 Å². The third-order valence-corrected chi connectivity index (χ3v) is 5.96. The lowest BCUT2D eigenvalue weighted by atomic mass is 9.95. The Bertz CT molecular complexity index is 568. The molecular formula is C16H24FNO2S. The van der Waals surface area contributed by atoms with Gasteiger partial charge in [-0.2, -0.15) is 0 Å². The van der Waals surface area contributed by atoms with Gasteiger partial charge in [-0.05, 0) is 36.5 Å². The summed E-state index contributed by atoms with van der Waals surface area (Å²) in [5.74, 6) is 0.0485. The number of halogens is 1. The zero-order valence-corrected chi connectivity index (χ0v) is 13.7. The predicted molar refractivity (Wildman–Crippen MR) is 83.4 cm³/mol. The normalized spacial score (nSPS) is 24.4. The summed E-state index contributed by atoms with van der Waals surface area (Å²) in [7, 11) is -3.03. The maximum Gasteiger partial charge on any atom is 0.151 e. The average molecular weight is 313 g/mol. The van der Waals surface area contributed by atoms with E-state index in [2.05, 4.69) is 19.2 Å². The van der Waals surface area contributed by atoms with E-state index in [1.165, 1.54) is 18.4 Å². The van der Waals surface area contributed by atoms with E-state index < -0.39 is 9.84 Å². The SMILES string of the molecule is CC(C)C(NC1CCCC1S(C)(=O)=O)c1ccc(F)cc1. The first-order valence-corrected chi connectivity index (χ1v) is 9.45. The number of hydrogen-bond donors (Lipinski definition) is 1. The summed E-state index contributed by atoms with van der Waals surface area (Å²) in [5.41, 5.74) is 1.01. The van der Waals surface area contributed by atoms with E-state index in [-0.39, 0.29) is 23.2 Å². The second-order valence-corrected chi connectivity index (χ2v) is 8.61. The summed E-state index contributed by atoms with van der Waals surface area (Å²) in [6.07, 6.45) is 3.86. The molecule has 21 heavy (non-hydrogen) atoms. The molecular weight excluding hydrogens is 289 g/mol. The molecule has 0 heterocycles. The second-order valence-electron chi connectivity index (χ2n) is 6.35. The van der Waals surface area contributed by atoms with Gasteiger partial charge in [0, 0.05) is 18.3 Å². The van der Waals surface area contributed by atoms with Gasteiger partial charge in [-0.1, -0.05) is 32.4 Å². The van der Waals surface area contributed by atoms with Gasteiger partial charge < -0.3 is 5.32 Å². The fourth-order valence-corrected chi connectivity index (χ4v) is 4.61. The molecule has 0 radical (unpaired) electrons. The number of nitrogens with one attached hydrogen (secondary N) is 1. The molecule has 1 N–H and O–H groups in total. The summed E-state index contributed by atoms with van der Waals surface area (Å²) in [6.45, 7) is 4.18. The first-order chi connectivity index (χ1) is 9.79. The Morgan fingerprint density at radius 3 is 2.33 bits per heavy atom. The molecule has 1 fully saturated rings. The number of hydrogen-bond acceptors (Lipinski definition) is 3. The van der Waals surface area contributed by atoms with Crippen LogP contribution < -0.4 is 5.32 Å². The lowest BCUT2D eigenvalue weighted by Crippen LogP contribution is -2.43. The standard InChI is InChI=1S/C16H24FNO2S/c1-11(2)16(12-7-9-13(17)10-8-12)18-14-5-4-6-15(14)21(3,19)20/h7-11,14-16,18H,4-6H2,1-3H3. The van der Waals surface area contributed by atoms with Gasteiger partial charge in [0.05, 0.1) is 5.25 Å². The van der Waals surface area contributed by atoms with Crippen LogP contribution in [-0.2, 0) is 9.84 Å². The van der Waals surface area contributed by atoms with Gasteiger partial charge in [0.15, 0.2) is 9.84 Å². The molecule has 0 aromatic heterocycles. The lowest BCUT2D eigenvalue weighted by Gasteiger charge is -2.29. The first kappa shape index (κ1) is 16.4. The fraction of sp³-hybridized carbons (Fsp3) is 0.625. The van der Waals surface area contributed by atoms with Gasteiger partial charge >= 0.3 is 0 Å². The topological polar surface area (TPSA) is 46.2 Å². The Labute approximate surface area is 126 Å². The highest BCUT2D eigenvalue weighted by Gasteiger charge is 2.36. The monoisotopic (exact) mass is 313 g/mol. The number of rotatable bonds is 5. The summed E-state index contributed by atoms with van der Waals surface area (Å²) < 4.78 is 36.8. The van der Waals surface area contributed by atoms with Gasteiger partial charge in [-0.15, -0.1) is 0 Å². The highest BCUT2D eigenvalue weighted by Crippen LogP contribution is 2.30. The quantitative estimate of drug-likeness (QED) is 0.908. The van der Waals surface area contributed by atoms with Crippen molar-refractivity contribution in [3.63, 3.8) is 0 Å². The molecule has 5 heteroatoms. The molecule has 3 unspecified atom stereocenters. The number of sulfone groups is 1. The van der Waals surface area contributed by atoms with Gasteiger partial charge in [0.2, 0.25) is 0 Å². The van der Waals surface area contributed by atoms with Crippen LogP contribution in [0, 0.1) is 11.7 Å². The zero-order chi connectivity index (χ0) is 15.6. The zero-order valence-electron chi connectivity index (χ0n) is 12.8. The van der Waals surface area contributed by atoms with Crippen LogP contribution in [0.25, 0.3) is 0 Å². The molecule has 0 spiro atoms.